The number of nitrogens with zero attached hydrogens (tertiary/aromatic N) is 2. The lowest BCUT2D eigenvalue weighted by molar-refractivity contribution is 0.683. The topological polar surface area (TPSA) is 60.9 Å². The minimum Gasteiger partial charge on any atom is -0.324 e. The van der Waals surface area contributed by atoms with E-state index in [1.54, 1.807) is 4.57 Å². The van der Waals surface area contributed by atoms with Crippen molar-refractivity contribution in [2.24, 2.45) is 18.7 Å². The molecule has 1 aromatic carbocycles. The third-order valence-electron chi connectivity index (χ3n) is 4.11. The van der Waals surface area contributed by atoms with Crippen molar-refractivity contribution in [2.75, 3.05) is 0 Å². The van der Waals surface area contributed by atoms with Crippen LogP contribution in [0.4, 0.5) is 0 Å². The molecule has 0 aliphatic heterocycles. The van der Waals surface area contributed by atoms with Crippen LogP contribution in [0.3, 0.4) is 0 Å². The van der Waals surface area contributed by atoms with E-state index in [1.807, 2.05) is 33.0 Å². The predicted octanol–water partition coefficient (Wildman–Crippen LogP) is 2.21. The normalized spacial score (nSPS) is 16.6. The van der Waals surface area contributed by atoms with Gasteiger partial charge in [0, 0.05) is 19.5 Å². The van der Waals surface area contributed by atoms with Gasteiger partial charge in [0.05, 0.1) is 10.9 Å². The fraction of sp³-hybridized carbons (Fsp3) is 0.500. The van der Waals surface area contributed by atoms with Gasteiger partial charge in [0.25, 0.3) is 5.56 Å². The lowest BCUT2D eigenvalue weighted by atomic mass is 10.0. The Hall–Kier alpha value is -1.68. The zero-order valence-corrected chi connectivity index (χ0v) is 12.3. The van der Waals surface area contributed by atoms with Gasteiger partial charge in [0.15, 0.2) is 0 Å². The molecule has 106 valence electrons. The molecule has 1 aliphatic rings. The molecule has 1 unspecified atom stereocenters. The second-order valence-electron chi connectivity index (χ2n) is 6.08. The lowest BCUT2D eigenvalue weighted by Gasteiger charge is -2.14. The second-order valence-corrected chi connectivity index (χ2v) is 6.08. The monoisotopic (exact) mass is 271 g/mol. The second kappa shape index (κ2) is 4.70. The third kappa shape index (κ3) is 2.24. The third-order valence-corrected chi connectivity index (χ3v) is 4.11. The number of hydrogen-bond acceptors (Lipinski definition) is 3. The highest BCUT2D eigenvalue weighted by atomic mass is 16.1. The molecule has 1 fully saturated rings. The molecule has 1 atom stereocenters. The largest absolute Gasteiger partial charge is 0.324 e. The standard InChI is InChI=1S/C16H21N3O/c1-9-6-12(10(2)17)15-13(7-9)16(20)19(3)14(18-15)8-11-4-5-11/h6-7,10-11H,4-5,8,17H2,1-3H3. The van der Waals surface area contributed by atoms with E-state index >= 15 is 0 Å². The molecule has 3 rings (SSSR count). The summed E-state index contributed by atoms with van der Waals surface area (Å²) in [6.07, 6.45) is 3.40. The molecule has 1 heterocycles. The first-order valence-corrected chi connectivity index (χ1v) is 7.23. The minimum absolute atomic E-state index is 0.0382. The first-order valence-electron chi connectivity index (χ1n) is 7.23. The first-order chi connectivity index (χ1) is 9.47. The summed E-state index contributed by atoms with van der Waals surface area (Å²) in [6, 6.07) is 3.84. The number of fused-ring (bicyclic) bond motifs is 1. The fourth-order valence-corrected chi connectivity index (χ4v) is 2.71. The SMILES string of the molecule is Cc1cc(C(C)N)c2nc(CC3CC3)n(C)c(=O)c2c1. The van der Waals surface area contributed by atoms with Crippen molar-refractivity contribution in [1.29, 1.82) is 0 Å². The van der Waals surface area contributed by atoms with E-state index in [-0.39, 0.29) is 11.6 Å². The van der Waals surface area contributed by atoms with Crippen LogP contribution in [-0.4, -0.2) is 9.55 Å². The van der Waals surface area contributed by atoms with Gasteiger partial charge in [-0.15, -0.1) is 0 Å². The Bertz CT molecular complexity index is 727. The molecule has 2 N–H and O–H groups in total. The number of aromatic nitrogens is 2. The molecule has 0 saturated heterocycles. The molecule has 1 aromatic heterocycles. The summed E-state index contributed by atoms with van der Waals surface area (Å²) < 4.78 is 1.70. The van der Waals surface area contributed by atoms with Gasteiger partial charge in [-0.2, -0.15) is 0 Å². The zero-order valence-electron chi connectivity index (χ0n) is 12.3. The van der Waals surface area contributed by atoms with Crippen molar-refractivity contribution in [3.05, 3.63) is 39.4 Å². The maximum atomic E-state index is 12.6. The Morgan fingerprint density at radius 3 is 2.75 bits per heavy atom. The zero-order chi connectivity index (χ0) is 14.4. The van der Waals surface area contributed by atoms with E-state index in [1.165, 1.54) is 12.8 Å². The summed E-state index contributed by atoms with van der Waals surface area (Å²) in [5.74, 6) is 1.59. The summed E-state index contributed by atoms with van der Waals surface area (Å²) in [4.78, 5) is 17.3. The van der Waals surface area contributed by atoms with Crippen LogP contribution in [0.2, 0.25) is 0 Å². The summed E-state index contributed by atoms with van der Waals surface area (Å²) in [5.41, 5.74) is 8.89. The van der Waals surface area contributed by atoms with E-state index in [2.05, 4.69) is 0 Å². The molecular weight excluding hydrogens is 250 g/mol. The minimum atomic E-state index is -0.120. The van der Waals surface area contributed by atoms with Crippen LogP contribution in [0.1, 0.15) is 42.8 Å². The Labute approximate surface area is 118 Å². The van der Waals surface area contributed by atoms with Gasteiger partial charge in [-0.1, -0.05) is 6.07 Å². The molecule has 0 spiro atoms. The quantitative estimate of drug-likeness (QED) is 0.931. The molecule has 1 aliphatic carbocycles. The van der Waals surface area contributed by atoms with Gasteiger partial charge >= 0.3 is 0 Å². The number of aryl methyl sites for hydroxylation is 1. The van der Waals surface area contributed by atoms with Crippen molar-refractivity contribution < 1.29 is 0 Å². The van der Waals surface area contributed by atoms with Crippen LogP contribution in [0.5, 0.6) is 0 Å². The number of rotatable bonds is 3. The Balaban J connectivity index is 2.29. The molecule has 4 nitrogen and oxygen atoms in total. The number of hydrogen-bond donors (Lipinski definition) is 1. The summed E-state index contributed by atoms with van der Waals surface area (Å²) in [7, 11) is 1.82. The van der Waals surface area contributed by atoms with Gasteiger partial charge in [0.1, 0.15) is 5.82 Å². The smallest absolute Gasteiger partial charge is 0.261 e. The molecule has 0 amide bonds. The van der Waals surface area contributed by atoms with Crippen molar-refractivity contribution in [2.45, 2.75) is 39.2 Å². The summed E-state index contributed by atoms with van der Waals surface area (Å²) >= 11 is 0. The maximum absolute atomic E-state index is 12.6. The van der Waals surface area contributed by atoms with Crippen molar-refractivity contribution in [3.63, 3.8) is 0 Å². The van der Waals surface area contributed by atoms with Crippen LogP contribution in [0.15, 0.2) is 16.9 Å². The van der Waals surface area contributed by atoms with E-state index in [4.69, 9.17) is 10.7 Å². The van der Waals surface area contributed by atoms with Crippen molar-refractivity contribution in [3.8, 4) is 0 Å². The van der Waals surface area contributed by atoms with Gasteiger partial charge < -0.3 is 5.73 Å². The molecule has 20 heavy (non-hydrogen) atoms. The van der Waals surface area contributed by atoms with Crippen LogP contribution in [0, 0.1) is 12.8 Å². The molecule has 0 bridgehead atoms. The fourth-order valence-electron chi connectivity index (χ4n) is 2.71. The number of nitrogens with two attached hydrogens (primary N) is 1. The molecule has 4 heteroatoms. The molecule has 0 radical (unpaired) electrons. The lowest BCUT2D eigenvalue weighted by Crippen LogP contribution is -2.24. The van der Waals surface area contributed by atoms with Gasteiger partial charge in [0.2, 0.25) is 0 Å². The predicted molar refractivity (Wildman–Crippen MR) is 80.8 cm³/mol. The van der Waals surface area contributed by atoms with Crippen LogP contribution in [-0.2, 0) is 13.5 Å². The first kappa shape index (κ1) is 13.3. The maximum Gasteiger partial charge on any atom is 0.261 e. The Morgan fingerprint density at radius 2 is 2.15 bits per heavy atom. The van der Waals surface area contributed by atoms with Gasteiger partial charge in [-0.25, -0.2) is 4.98 Å². The Morgan fingerprint density at radius 1 is 1.45 bits per heavy atom. The van der Waals surface area contributed by atoms with E-state index < -0.39 is 0 Å². The van der Waals surface area contributed by atoms with Gasteiger partial charge in [-0.05, 0) is 49.8 Å². The number of benzene rings is 1. The Kier molecular flexibility index (Phi) is 3.13. The average molecular weight is 271 g/mol. The highest BCUT2D eigenvalue weighted by molar-refractivity contribution is 5.82. The highest BCUT2D eigenvalue weighted by Crippen LogP contribution is 2.32. The van der Waals surface area contributed by atoms with E-state index in [0.717, 1.165) is 28.9 Å². The van der Waals surface area contributed by atoms with Crippen molar-refractivity contribution >= 4 is 10.9 Å². The average Bonchev–Trinajstić information content (AvgIpc) is 3.19. The highest BCUT2D eigenvalue weighted by Gasteiger charge is 2.24. The molecule has 1 saturated carbocycles. The van der Waals surface area contributed by atoms with Crippen LogP contribution in [0.25, 0.3) is 10.9 Å². The van der Waals surface area contributed by atoms with E-state index in [0.29, 0.717) is 11.3 Å². The molecule has 2 aromatic rings. The van der Waals surface area contributed by atoms with Crippen molar-refractivity contribution in [1.82, 2.24) is 9.55 Å². The van der Waals surface area contributed by atoms with E-state index in [9.17, 15) is 4.79 Å². The van der Waals surface area contributed by atoms with Gasteiger partial charge in [-0.3, -0.25) is 9.36 Å². The summed E-state index contributed by atoms with van der Waals surface area (Å²) in [6.45, 7) is 3.93. The summed E-state index contributed by atoms with van der Waals surface area (Å²) in [5, 5.41) is 0.680. The van der Waals surface area contributed by atoms with Crippen LogP contribution >= 0.6 is 0 Å². The molecular formula is C16H21N3O. The van der Waals surface area contributed by atoms with Crippen LogP contribution < -0.4 is 11.3 Å².